The molecule has 0 aliphatic carbocycles. The molecule has 0 saturated heterocycles. The molecule has 0 amide bonds. The van der Waals surface area contributed by atoms with Gasteiger partial charge in [0, 0.05) is 11.1 Å². The van der Waals surface area contributed by atoms with Crippen LogP contribution in [0.4, 0.5) is 0 Å². The van der Waals surface area contributed by atoms with Gasteiger partial charge in [0.1, 0.15) is 5.69 Å². The molecule has 2 nitrogen and oxygen atoms in total. The third-order valence-corrected chi connectivity index (χ3v) is 4.12. The molecule has 0 aliphatic heterocycles. The molecule has 1 heterocycles. The second-order valence-electron chi connectivity index (χ2n) is 5.31. The van der Waals surface area contributed by atoms with Crippen LogP contribution in [0.2, 0.25) is 0 Å². The molecule has 0 atom stereocenters. The molecule has 3 aromatic rings. The summed E-state index contributed by atoms with van der Waals surface area (Å²) >= 11 is 0. The van der Waals surface area contributed by atoms with Crippen molar-refractivity contribution in [1.82, 2.24) is 4.68 Å². The SMILES string of the molecule is CCc1c(-c2ccccc2)n(C)[n+](C)c1-c1ccccc1. The predicted octanol–water partition coefficient (Wildman–Crippen LogP) is 3.75. The Hall–Kier alpha value is -2.35. The van der Waals surface area contributed by atoms with E-state index in [4.69, 9.17) is 0 Å². The fourth-order valence-corrected chi connectivity index (χ4v) is 3.05. The van der Waals surface area contributed by atoms with Crippen molar-refractivity contribution >= 4 is 0 Å². The molecule has 2 heteroatoms. The summed E-state index contributed by atoms with van der Waals surface area (Å²) in [5, 5.41) is 0. The highest BCUT2D eigenvalue weighted by atomic mass is 15.4. The van der Waals surface area contributed by atoms with E-state index in [2.05, 4.69) is 91.0 Å². The monoisotopic (exact) mass is 277 g/mol. The van der Waals surface area contributed by atoms with Crippen molar-refractivity contribution in [3.05, 3.63) is 66.2 Å². The van der Waals surface area contributed by atoms with Crippen LogP contribution in [0.15, 0.2) is 60.7 Å². The fraction of sp³-hybridized carbons (Fsp3) is 0.211. The van der Waals surface area contributed by atoms with Crippen LogP contribution in [0.3, 0.4) is 0 Å². The van der Waals surface area contributed by atoms with Crippen LogP contribution in [0.25, 0.3) is 22.5 Å². The molecule has 106 valence electrons. The first-order valence-corrected chi connectivity index (χ1v) is 7.42. The Labute approximate surface area is 126 Å². The number of hydrogen-bond donors (Lipinski definition) is 0. The molecule has 0 saturated carbocycles. The van der Waals surface area contributed by atoms with E-state index in [1.54, 1.807) is 0 Å². The summed E-state index contributed by atoms with van der Waals surface area (Å²) in [6, 6.07) is 21.3. The van der Waals surface area contributed by atoms with E-state index in [-0.39, 0.29) is 0 Å². The number of aromatic nitrogens is 2. The van der Waals surface area contributed by atoms with Gasteiger partial charge in [0.05, 0.1) is 12.6 Å². The molecule has 21 heavy (non-hydrogen) atoms. The minimum atomic E-state index is 1.02. The maximum atomic E-state index is 2.25. The summed E-state index contributed by atoms with van der Waals surface area (Å²) in [5.74, 6) is 0. The quantitative estimate of drug-likeness (QED) is 0.645. The molecule has 0 spiro atoms. The molecule has 1 aromatic heterocycles. The first-order chi connectivity index (χ1) is 10.2. The van der Waals surface area contributed by atoms with Crippen LogP contribution >= 0.6 is 0 Å². The van der Waals surface area contributed by atoms with E-state index in [1.807, 2.05) is 0 Å². The normalized spacial score (nSPS) is 10.8. The zero-order valence-electron chi connectivity index (χ0n) is 12.9. The van der Waals surface area contributed by atoms with Gasteiger partial charge in [-0.15, -0.1) is 4.68 Å². The average Bonchev–Trinajstić information content (AvgIpc) is 2.80. The third-order valence-electron chi connectivity index (χ3n) is 4.12. The Morgan fingerprint density at radius 1 is 0.857 bits per heavy atom. The molecular formula is C19H21N2+. The summed E-state index contributed by atoms with van der Waals surface area (Å²) in [7, 11) is 4.27. The fourth-order valence-electron chi connectivity index (χ4n) is 3.05. The van der Waals surface area contributed by atoms with Gasteiger partial charge in [0.25, 0.3) is 0 Å². The van der Waals surface area contributed by atoms with E-state index < -0.39 is 0 Å². The predicted molar refractivity (Wildman–Crippen MR) is 86.8 cm³/mol. The van der Waals surface area contributed by atoms with Gasteiger partial charge in [0.2, 0.25) is 5.69 Å². The van der Waals surface area contributed by atoms with Gasteiger partial charge in [0.15, 0.2) is 7.05 Å². The van der Waals surface area contributed by atoms with Gasteiger partial charge in [-0.2, -0.15) is 4.68 Å². The highest BCUT2D eigenvalue weighted by Gasteiger charge is 2.26. The lowest BCUT2D eigenvalue weighted by Gasteiger charge is -2.02. The zero-order chi connectivity index (χ0) is 14.8. The first-order valence-electron chi connectivity index (χ1n) is 7.42. The summed E-state index contributed by atoms with van der Waals surface area (Å²) in [5.41, 5.74) is 6.56. The van der Waals surface area contributed by atoms with Gasteiger partial charge < -0.3 is 0 Å². The molecular weight excluding hydrogens is 256 g/mol. The maximum absolute atomic E-state index is 2.25. The second-order valence-corrected chi connectivity index (χ2v) is 5.31. The highest BCUT2D eigenvalue weighted by molar-refractivity contribution is 5.72. The van der Waals surface area contributed by atoms with Crippen molar-refractivity contribution < 1.29 is 4.68 Å². The van der Waals surface area contributed by atoms with Crippen LogP contribution in [-0.4, -0.2) is 4.68 Å². The topological polar surface area (TPSA) is 8.81 Å². The summed E-state index contributed by atoms with van der Waals surface area (Å²) in [6.45, 7) is 2.23. The molecule has 0 aliphatic rings. The minimum Gasteiger partial charge on any atom is -0.156 e. The lowest BCUT2D eigenvalue weighted by Crippen LogP contribution is -2.39. The van der Waals surface area contributed by atoms with Crippen molar-refractivity contribution in [1.29, 1.82) is 0 Å². The van der Waals surface area contributed by atoms with Gasteiger partial charge in [-0.25, -0.2) is 0 Å². The minimum absolute atomic E-state index is 1.02. The number of hydrogen-bond acceptors (Lipinski definition) is 0. The molecule has 0 N–H and O–H groups in total. The van der Waals surface area contributed by atoms with Crippen molar-refractivity contribution in [2.24, 2.45) is 14.1 Å². The maximum Gasteiger partial charge on any atom is 0.242 e. The van der Waals surface area contributed by atoms with Crippen LogP contribution in [0.1, 0.15) is 12.5 Å². The van der Waals surface area contributed by atoms with E-state index in [1.165, 1.54) is 28.1 Å². The Morgan fingerprint density at radius 3 is 1.90 bits per heavy atom. The lowest BCUT2D eigenvalue weighted by molar-refractivity contribution is -0.740. The standard InChI is InChI=1S/C19H21N2/c1-4-17-18(15-11-7-5-8-12-15)20(2)21(3)19(17)16-13-9-6-10-14-16/h5-14H,4H2,1-3H3/q+1. The lowest BCUT2D eigenvalue weighted by atomic mass is 10.00. The smallest absolute Gasteiger partial charge is 0.156 e. The Balaban J connectivity index is 2.29. The van der Waals surface area contributed by atoms with E-state index >= 15 is 0 Å². The van der Waals surface area contributed by atoms with Gasteiger partial charge >= 0.3 is 0 Å². The van der Waals surface area contributed by atoms with Crippen molar-refractivity contribution in [3.63, 3.8) is 0 Å². The van der Waals surface area contributed by atoms with Crippen molar-refractivity contribution in [2.45, 2.75) is 13.3 Å². The van der Waals surface area contributed by atoms with E-state index in [0.717, 1.165) is 6.42 Å². The van der Waals surface area contributed by atoms with E-state index in [9.17, 15) is 0 Å². The molecule has 0 bridgehead atoms. The second kappa shape index (κ2) is 5.57. The van der Waals surface area contributed by atoms with Gasteiger partial charge in [-0.05, 0) is 18.6 Å². The number of nitrogens with zero attached hydrogens (tertiary/aromatic N) is 2. The summed E-state index contributed by atoms with van der Waals surface area (Å²) in [6.07, 6.45) is 1.02. The van der Waals surface area contributed by atoms with Crippen LogP contribution in [0.5, 0.6) is 0 Å². The highest BCUT2D eigenvalue weighted by Crippen LogP contribution is 2.30. The molecule has 2 aromatic carbocycles. The van der Waals surface area contributed by atoms with Crippen LogP contribution in [0, 0.1) is 0 Å². The average molecular weight is 277 g/mol. The third kappa shape index (κ3) is 2.27. The zero-order valence-corrected chi connectivity index (χ0v) is 12.9. The van der Waals surface area contributed by atoms with Crippen LogP contribution in [-0.2, 0) is 20.5 Å². The van der Waals surface area contributed by atoms with Gasteiger partial charge in [-0.3, -0.25) is 0 Å². The van der Waals surface area contributed by atoms with Crippen molar-refractivity contribution in [3.8, 4) is 22.5 Å². The number of rotatable bonds is 3. The van der Waals surface area contributed by atoms with Gasteiger partial charge in [-0.1, -0.05) is 55.5 Å². The first kappa shape index (κ1) is 13.6. The number of benzene rings is 2. The Morgan fingerprint density at radius 2 is 1.38 bits per heavy atom. The van der Waals surface area contributed by atoms with E-state index in [0.29, 0.717) is 0 Å². The molecule has 0 fully saturated rings. The van der Waals surface area contributed by atoms with Crippen molar-refractivity contribution in [2.75, 3.05) is 0 Å². The molecule has 3 rings (SSSR count). The molecule has 0 unspecified atom stereocenters. The Kier molecular flexibility index (Phi) is 3.61. The largest absolute Gasteiger partial charge is 0.242 e. The summed E-state index contributed by atoms with van der Waals surface area (Å²) in [4.78, 5) is 0. The summed E-state index contributed by atoms with van der Waals surface area (Å²) < 4.78 is 4.49. The Bertz CT molecular complexity index is 677. The van der Waals surface area contributed by atoms with Crippen LogP contribution < -0.4 is 4.68 Å². The molecule has 0 radical (unpaired) electrons.